The Hall–Kier alpha value is -1.33. The van der Waals surface area contributed by atoms with Crippen LogP contribution in [0.2, 0.25) is 0 Å². The Labute approximate surface area is 138 Å². The van der Waals surface area contributed by atoms with Crippen LogP contribution in [0.15, 0.2) is 16.5 Å². The van der Waals surface area contributed by atoms with Gasteiger partial charge in [0.25, 0.3) is 0 Å². The van der Waals surface area contributed by atoms with E-state index in [2.05, 4.69) is 5.32 Å². The van der Waals surface area contributed by atoms with Crippen molar-refractivity contribution in [2.24, 2.45) is 0 Å². The first kappa shape index (κ1) is 18.0. The summed E-state index contributed by atoms with van der Waals surface area (Å²) in [6.07, 6.45) is 6.05. The zero-order valence-electron chi connectivity index (χ0n) is 14.4. The Kier molecular flexibility index (Phi) is 6.25. The van der Waals surface area contributed by atoms with E-state index >= 15 is 0 Å². The van der Waals surface area contributed by atoms with Crippen molar-refractivity contribution in [2.75, 3.05) is 6.54 Å². The highest BCUT2D eigenvalue weighted by Crippen LogP contribution is 2.23. The third-order valence-electron chi connectivity index (χ3n) is 4.45. The molecule has 1 aliphatic carbocycles. The van der Waals surface area contributed by atoms with Crippen LogP contribution in [-0.2, 0) is 15.1 Å². The summed E-state index contributed by atoms with van der Waals surface area (Å²) in [4.78, 5) is 12.4. The molecule has 1 fully saturated rings. The largest absolute Gasteiger partial charge is 0.463 e. The topological polar surface area (TPSA) is 71.7 Å². The summed E-state index contributed by atoms with van der Waals surface area (Å²) in [6, 6.07) is 3.53. The van der Waals surface area contributed by atoms with Crippen molar-refractivity contribution in [3.05, 3.63) is 23.7 Å². The van der Waals surface area contributed by atoms with Crippen LogP contribution in [0.1, 0.15) is 63.9 Å². The Morgan fingerprint density at radius 3 is 2.70 bits per heavy atom. The van der Waals surface area contributed by atoms with Crippen LogP contribution in [0.3, 0.4) is 0 Å². The normalized spacial score (nSPS) is 20.0. The van der Waals surface area contributed by atoms with Crippen LogP contribution in [-0.4, -0.2) is 29.8 Å². The fraction of sp³-hybridized carbons (Fsp3) is 0.722. The molecule has 1 saturated carbocycles. The Bertz CT molecular complexity index is 503. The van der Waals surface area contributed by atoms with Gasteiger partial charge in [-0.05, 0) is 45.2 Å². The highest BCUT2D eigenvalue weighted by atomic mass is 16.5. The summed E-state index contributed by atoms with van der Waals surface area (Å²) >= 11 is 0. The van der Waals surface area contributed by atoms with E-state index in [4.69, 9.17) is 9.15 Å². The van der Waals surface area contributed by atoms with Gasteiger partial charge < -0.3 is 19.6 Å². The maximum atomic E-state index is 12.4. The minimum absolute atomic E-state index is 0.101. The fourth-order valence-corrected chi connectivity index (χ4v) is 2.96. The molecule has 0 aromatic carbocycles. The molecule has 23 heavy (non-hydrogen) atoms. The summed E-state index contributed by atoms with van der Waals surface area (Å²) in [5, 5.41) is 13.3. The van der Waals surface area contributed by atoms with Gasteiger partial charge in [-0.1, -0.05) is 26.2 Å². The second-order valence-corrected chi connectivity index (χ2v) is 6.69. The van der Waals surface area contributed by atoms with Crippen molar-refractivity contribution in [3.63, 3.8) is 0 Å². The molecule has 2 unspecified atom stereocenters. The summed E-state index contributed by atoms with van der Waals surface area (Å²) in [5.41, 5.74) is -1.23. The second kappa shape index (κ2) is 7.97. The predicted octanol–water partition coefficient (Wildman–Crippen LogP) is 3.04. The molecule has 2 N–H and O–H groups in total. The molecule has 1 amide bonds. The quantitative estimate of drug-likeness (QED) is 0.809. The number of amides is 1. The smallest absolute Gasteiger partial charge is 0.249 e. The summed E-state index contributed by atoms with van der Waals surface area (Å²) in [7, 11) is 0. The van der Waals surface area contributed by atoms with Crippen LogP contribution in [0.25, 0.3) is 0 Å². The molecule has 1 aromatic rings. The lowest BCUT2D eigenvalue weighted by Gasteiger charge is -2.28. The molecule has 0 aliphatic heterocycles. The number of furan rings is 1. The van der Waals surface area contributed by atoms with Crippen LogP contribution in [0, 0.1) is 6.92 Å². The monoisotopic (exact) mass is 323 g/mol. The first-order valence-corrected chi connectivity index (χ1v) is 8.65. The molecule has 130 valence electrons. The molecule has 0 radical (unpaired) electrons. The molecule has 5 heteroatoms. The maximum absolute atomic E-state index is 12.4. The number of hydrogen-bond donors (Lipinski definition) is 2. The number of nitrogens with one attached hydrogen (secondary N) is 1. The Balaban J connectivity index is 1.86. The first-order chi connectivity index (χ1) is 10.9. The molecule has 0 spiro atoms. The standard InChI is InChI=1S/C18H29NO4/c1-4-15(23-14-8-6-5-7-9-14)17(20)19-12-18(3,21)16-11-10-13(2)22-16/h10-11,14-15,21H,4-9,12H2,1-3H3,(H,19,20). The third kappa shape index (κ3) is 5.08. The van der Waals surface area contributed by atoms with Gasteiger partial charge in [0.05, 0.1) is 12.6 Å². The van der Waals surface area contributed by atoms with E-state index in [0.717, 1.165) is 18.6 Å². The number of rotatable bonds is 7. The summed E-state index contributed by atoms with van der Waals surface area (Å²) in [5.74, 6) is 1.02. The molecule has 5 nitrogen and oxygen atoms in total. The minimum Gasteiger partial charge on any atom is -0.463 e. The van der Waals surface area contributed by atoms with E-state index in [1.807, 2.05) is 13.8 Å². The Morgan fingerprint density at radius 1 is 1.43 bits per heavy atom. The number of ether oxygens (including phenoxy) is 1. The van der Waals surface area contributed by atoms with Crippen molar-refractivity contribution in [1.82, 2.24) is 5.32 Å². The lowest BCUT2D eigenvalue weighted by atomic mass is 9.97. The zero-order valence-corrected chi connectivity index (χ0v) is 14.4. The van der Waals surface area contributed by atoms with Gasteiger partial charge in [-0.25, -0.2) is 0 Å². The van der Waals surface area contributed by atoms with Crippen molar-refractivity contribution < 1.29 is 19.1 Å². The van der Waals surface area contributed by atoms with Crippen molar-refractivity contribution >= 4 is 5.91 Å². The molecule has 2 rings (SSSR count). The van der Waals surface area contributed by atoms with E-state index in [9.17, 15) is 9.90 Å². The van der Waals surface area contributed by atoms with Crippen molar-refractivity contribution in [1.29, 1.82) is 0 Å². The summed E-state index contributed by atoms with van der Waals surface area (Å²) in [6.45, 7) is 5.50. The van der Waals surface area contributed by atoms with Gasteiger partial charge in [0.1, 0.15) is 23.2 Å². The van der Waals surface area contributed by atoms with E-state index in [0.29, 0.717) is 12.2 Å². The number of hydrogen-bond acceptors (Lipinski definition) is 4. The number of carbonyl (C=O) groups is 1. The van der Waals surface area contributed by atoms with Crippen LogP contribution < -0.4 is 5.32 Å². The fourth-order valence-electron chi connectivity index (χ4n) is 2.96. The van der Waals surface area contributed by atoms with Gasteiger partial charge in [-0.3, -0.25) is 4.79 Å². The number of aliphatic hydroxyl groups is 1. The molecular weight excluding hydrogens is 294 g/mol. The van der Waals surface area contributed by atoms with Crippen molar-refractivity contribution in [3.8, 4) is 0 Å². The molecule has 0 saturated heterocycles. The minimum atomic E-state index is -1.23. The molecule has 1 aromatic heterocycles. The van der Waals surface area contributed by atoms with E-state index in [1.54, 1.807) is 19.1 Å². The van der Waals surface area contributed by atoms with Gasteiger partial charge in [0.15, 0.2) is 0 Å². The average molecular weight is 323 g/mol. The van der Waals surface area contributed by atoms with Crippen LogP contribution in [0.5, 0.6) is 0 Å². The van der Waals surface area contributed by atoms with Crippen molar-refractivity contribution in [2.45, 2.75) is 77.1 Å². The molecular formula is C18H29NO4. The van der Waals surface area contributed by atoms with E-state index < -0.39 is 11.7 Å². The molecule has 2 atom stereocenters. The highest BCUT2D eigenvalue weighted by molar-refractivity contribution is 5.80. The Morgan fingerprint density at radius 2 is 2.13 bits per heavy atom. The third-order valence-corrected chi connectivity index (χ3v) is 4.45. The van der Waals surface area contributed by atoms with E-state index in [1.165, 1.54) is 19.3 Å². The van der Waals surface area contributed by atoms with Gasteiger partial charge in [-0.2, -0.15) is 0 Å². The number of aryl methyl sites for hydroxylation is 1. The lowest BCUT2D eigenvalue weighted by Crippen LogP contribution is -2.44. The lowest BCUT2D eigenvalue weighted by molar-refractivity contribution is -0.139. The second-order valence-electron chi connectivity index (χ2n) is 6.69. The molecule has 0 bridgehead atoms. The maximum Gasteiger partial charge on any atom is 0.249 e. The SMILES string of the molecule is CCC(OC1CCCCC1)C(=O)NCC(C)(O)c1ccc(C)o1. The van der Waals surface area contributed by atoms with Crippen LogP contribution in [0.4, 0.5) is 0 Å². The van der Waals surface area contributed by atoms with Gasteiger partial charge in [0, 0.05) is 0 Å². The highest BCUT2D eigenvalue weighted by Gasteiger charge is 2.29. The average Bonchev–Trinajstić information content (AvgIpc) is 2.99. The zero-order chi connectivity index (χ0) is 16.9. The molecule has 1 aliphatic rings. The molecule has 1 heterocycles. The van der Waals surface area contributed by atoms with Gasteiger partial charge in [0.2, 0.25) is 5.91 Å². The van der Waals surface area contributed by atoms with Gasteiger partial charge >= 0.3 is 0 Å². The number of carbonyl (C=O) groups excluding carboxylic acids is 1. The van der Waals surface area contributed by atoms with Crippen LogP contribution >= 0.6 is 0 Å². The summed E-state index contributed by atoms with van der Waals surface area (Å²) < 4.78 is 11.4. The predicted molar refractivity (Wildman–Crippen MR) is 88.1 cm³/mol. The van der Waals surface area contributed by atoms with Gasteiger partial charge in [-0.15, -0.1) is 0 Å². The van der Waals surface area contributed by atoms with E-state index in [-0.39, 0.29) is 18.6 Å². The first-order valence-electron chi connectivity index (χ1n) is 8.65.